The van der Waals surface area contributed by atoms with Gasteiger partial charge in [-0.25, -0.2) is 0 Å². The zero-order valence-electron chi connectivity index (χ0n) is 14.0. The number of hydrogen-bond donors (Lipinski definition) is 0. The van der Waals surface area contributed by atoms with Crippen LogP contribution in [-0.4, -0.2) is 66.6 Å². The monoisotopic (exact) mass is 317 g/mol. The molecule has 126 valence electrons. The van der Waals surface area contributed by atoms with Crippen LogP contribution in [0.15, 0.2) is 24.5 Å². The predicted molar refractivity (Wildman–Crippen MR) is 89.1 cm³/mol. The quantitative estimate of drug-likeness (QED) is 0.766. The van der Waals surface area contributed by atoms with Crippen LogP contribution < -0.4 is 0 Å². The second kappa shape index (κ2) is 7.88. The van der Waals surface area contributed by atoms with Gasteiger partial charge >= 0.3 is 0 Å². The fraction of sp³-hybridized carbons (Fsp3) is 0.667. The predicted octanol–water partition coefficient (Wildman–Crippen LogP) is 1.58. The van der Waals surface area contributed by atoms with Crippen LogP contribution in [0.2, 0.25) is 0 Å². The molecule has 0 spiro atoms. The maximum Gasteiger partial charge on any atom is 0.223 e. The number of carbonyl (C=O) groups is 1. The van der Waals surface area contributed by atoms with E-state index in [2.05, 4.69) is 16.9 Å². The molecule has 1 amide bonds. The van der Waals surface area contributed by atoms with E-state index in [4.69, 9.17) is 4.74 Å². The molecule has 5 heteroatoms. The van der Waals surface area contributed by atoms with Gasteiger partial charge in [0.05, 0.1) is 12.7 Å². The van der Waals surface area contributed by atoms with E-state index in [1.165, 1.54) is 18.4 Å². The second-order valence-electron chi connectivity index (χ2n) is 6.85. The highest BCUT2D eigenvalue weighted by atomic mass is 16.5. The first-order chi connectivity index (χ1) is 11.2. The number of nitrogens with zero attached hydrogens (tertiary/aromatic N) is 3. The number of morpholine rings is 1. The normalized spacial score (nSPS) is 21.7. The molecule has 1 atom stereocenters. The van der Waals surface area contributed by atoms with Crippen molar-refractivity contribution in [3.63, 3.8) is 0 Å². The van der Waals surface area contributed by atoms with Gasteiger partial charge in [0.1, 0.15) is 0 Å². The molecule has 0 N–H and O–H groups in total. The fourth-order valence-electron chi connectivity index (χ4n) is 3.18. The topological polar surface area (TPSA) is 45.7 Å². The lowest BCUT2D eigenvalue weighted by Gasteiger charge is -2.35. The van der Waals surface area contributed by atoms with Crippen LogP contribution in [0, 0.1) is 5.92 Å². The first kappa shape index (κ1) is 16.4. The highest BCUT2D eigenvalue weighted by Crippen LogP contribution is 2.29. The summed E-state index contributed by atoms with van der Waals surface area (Å²) in [6.45, 7) is 4.19. The third kappa shape index (κ3) is 5.29. The van der Waals surface area contributed by atoms with Crippen LogP contribution in [0.1, 0.15) is 24.8 Å². The molecule has 3 rings (SSSR count). The van der Waals surface area contributed by atoms with Gasteiger partial charge < -0.3 is 14.5 Å². The summed E-state index contributed by atoms with van der Waals surface area (Å²) >= 11 is 0. The Kier molecular flexibility index (Phi) is 5.62. The first-order valence-electron chi connectivity index (χ1n) is 8.67. The maximum atomic E-state index is 12.4. The highest BCUT2D eigenvalue weighted by molar-refractivity contribution is 5.76. The van der Waals surface area contributed by atoms with Gasteiger partial charge in [-0.1, -0.05) is 0 Å². The zero-order chi connectivity index (χ0) is 16.1. The van der Waals surface area contributed by atoms with Crippen LogP contribution in [0.25, 0.3) is 0 Å². The Hall–Kier alpha value is -1.46. The van der Waals surface area contributed by atoms with Crippen molar-refractivity contribution in [1.29, 1.82) is 0 Å². The molecule has 1 aliphatic heterocycles. The largest absolute Gasteiger partial charge is 0.373 e. The van der Waals surface area contributed by atoms with E-state index in [1.807, 2.05) is 17.0 Å². The summed E-state index contributed by atoms with van der Waals surface area (Å²) in [5, 5.41) is 0. The van der Waals surface area contributed by atoms with E-state index >= 15 is 0 Å². The Morgan fingerprint density at radius 3 is 2.87 bits per heavy atom. The van der Waals surface area contributed by atoms with E-state index in [-0.39, 0.29) is 12.0 Å². The molecule has 2 heterocycles. The molecule has 2 aliphatic rings. The number of rotatable bonds is 7. The van der Waals surface area contributed by atoms with Crippen LogP contribution >= 0.6 is 0 Å². The summed E-state index contributed by atoms with van der Waals surface area (Å²) in [5.41, 5.74) is 1.17. The van der Waals surface area contributed by atoms with Gasteiger partial charge in [-0.3, -0.25) is 9.78 Å². The van der Waals surface area contributed by atoms with Gasteiger partial charge in [0.2, 0.25) is 5.91 Å². The molecular formula is C18H27N3O2. The molecule has 23 heavy (non-hydrogen) atoms. The summed E-state index contributed by atoms with van der Waals surface area (Å²) in [5.74, 6) is 1.13. The van der Waals surface area contributed by atoms with E-state index < -0.39 is 0 Å². The van der Waals surface area contributed by atoms with Gasteiger partial charge in [0.25, 0.3) is 0 Å². The van der Waals surface area contributed by atoms with Crippen LogP contribution in [-0.2, 0) is 16.0 Å². The van der Waals surface area contributed by atoms with Crippen molar-refractivity contribution in [2.75, 3.05) is 39.8 Å². The van der Waals surface area contributed by atoms with Gasteiger partial charge in [0.15, 0.2) is 0 Å². The Labute approximate surface area is 138 Å². The molecule has 0 aromatic carbocycles. The van der Waals surface area contributed by atoms with Crippen molar-refractivity contribution in [1.82, 2.24) is 14.8 Å². The van der Waals surface area contributed by atoms with Crippen LogP contribution in [0.5, 0.6) is 0 Å². The number of ether oxygens (including phenoxy) is 1. The summed E-state index contributed by atoms with van der Waals surface area (Å²) in [6, 6.07) is 3.95. The Morgan fingerprint density at radius 1 is 1.35 bits per heavy atom. The number of likely N-dealkylation sites (N-methyl/N-ethyl adjacent to an activating group) is 1. The maximum absolute atomic E-state index is 12.4. The van der Waals surface area contributed by atoms with Crippen molar-refractivity contribution in [3.05, 3.63) is 30.1 Å². The minimum atomic E-state index is 0.150. The van der Waals surface area contributed by atoms with Crippen molar-refractivity contribution in [2.45, 2.75) is 31.8 Å². The lowest BCUT2D eigenvalue weighted by atomic mass is 10.1. The van der Waals surface area contributed by atoms with Crippen molar-refractivity contribution in [3.8, 4) is 0 Å². The van der Waals surface area contributed by atoms with Crippen LogP contribution in [0.4, 0.5) is 0 Å². The van der Waals surface area contributed by atoms with Gasteiger partial charge in [-0.2, -0.15) is 0 Å². The summed E-state index contributed by atoms with van der Waals surface area (Å²) in [4.78, 5) is 20.8. The summed E-state index contributed by atoms with van der Waals surface area (Å²) in [7, 11) is 2.16. The van der Waals surface area contributed by atoms with Crippen molar-refractivity contribution >= 4 is 5.91 Å². The molecule has 1 aromatic rings. The molecular weight excluding hydrogens is 290 g/mol. The average Bonchev–Trinajstić information content (AvgIpc) is 3.37. The minimum absolute atomic E-state index is 0.150. The number of amides is 1. The molecule has 0 bridgehead atoms. The van der Waals surface area contributed by atoms with E-state index in [0.29, 0.717) is 13.0 Å². The lowest BCUT2D eigenvalue weighted by molar-refractivity contribution is -0.139. The Balaban J connectivity index is 1.42. The molecule has 2 fully saturated rings. The standard InChI is InChI=1S/C18H27N3O2/c1-20(12-16-2-3-16)13-17-14-21(10-11-23-17)18(22)5-4-15-6-8-19-9-7-15/h6-9,16-17H,2-5,10-14H2,1H3/t17-/m0/s1. The second-order valence-corrected chi connectivity index (χ2v) is 6.85. The molecule has 1 aliphatic carbocycles. The van der Waals surface area contributed by atoms with E-state index in [0.717, 1.165) is 38.5 Å². The third-order valence-electron chi connectivity index (χ3n) is 4.65. The third-order valence-corrected chi connectivity index (χ3v) is 4.65. The number of hydrogen-bond acceptors (Lipinski definition) is 4. The minimum Gasteiger partial charge on any atom is -0.373 e. The van der Waals surface area contributed by atoms with Gasteiger partial charge in [-0.05, 0) is 49.9 Å². The van der Waals surface area contributed by atoms with Crippen molar-refractivity contribution < 1.29 is 9.53 Å². The SMILES string of the molecule is CN(CC1CC1)C[C@H]1CN(C(=O)CCc2ccncc2)CCO1. The van der Waals surface area contributed by atoms with Crippen molar-refractivity contribution in [2.24, 2.45) is 5.92 Å². The zero-order valence-corrected chi connectivity index (χ0v) is 14.0. The molecule has 1 saturated carbocycles. The molecule has 0 unspecified atom stereocenters. The molecule has 5 nitrogen and oxygen atoms in total. The number of pyridine rings is 1. The van der Waals surface area contributed by atoms with E-state index in [9.17, 15) is 4.79 Å². The fourth-order valence-corrected chi connectivity index (χ4v) is 3.18. The Bertz CT molecular complexity index is 504. The highest BCUT2D eigenvalue weighted by Gasteiger charge is 2.27. The summed E-state index contributed by atoms with van der Waals surface area (Å²) in [6.07, 6.45) is 7.79. The van der Waals surface area contributed by atoms with Gasteiger partial charge in [0, 0.05) is 45.0 Å². The molecule has 0 radical (unpaired) electrons. The number of carbonyl (C=O) groups excluding carboxylic acids is 1. The molecule has 1 saturated heterocycles. The average molecular weight is 317 g/mol. The van der Waals surface area contributed by atoms with E-state index in [1.54, 1.807) is 12.4 Å². The Morgan fingerprint density at radius 2 is 2.13 bits per heavy atom. The summed E-state index contributed by atoms with van der Waals surface area (Å²) < 4.78 is 5.85. The first-order valence-corrected chi connectivity index (χ1v) is 8.67. The lowest BCUT2D eigenvalue weighted by Crippen LogP contribution is -2.49. The number of aromatic nitrogens is 1. The smallest absolute Gasteiger partial charge is 0.223 e. The molecule has 1 aromatic heterocycles. The number of aryl methyl sites for hydroxylation is 1. The van der Waals surface area contributed by atoms with Crippen LogP contribution in [0.3, 0.4) is 0 Å². The van der Waals surface area contributed by atoms with Gasteiger partial charge in [-0.15, -0.1) is 0 Å².